The maximum Gasteiger partial charge on any atom is 0.307 e. The molecular formula is C13H18N2O4. The molecule has 1 aromatic rings. The van der Waals surface area contributed by atoms with E-state index in [1.807, 2.05) is 6.92 Å². The minimum atomic E-state index is -0.896. The van der Waals surface area contributed by atoms with Gasteiger partial charge in [0.2, 0.25) is 5.91 Å². The lowest BCUT2D eigenvalue weighted by Crippen LogP contribution is -2.30. The Morgan fingerprint density at radius 2 is 2.16 bits per heavy atom. The molecule has 0 saturated heterocycles. The summed E-state index contributed by atoms with van der Waals surface area (Å²) in [5.74, 6) is -1.02. The van der Waals surface area contributed by atoms with E-state index in [4.69, 9.17) is 4.52 Å². The Kier molecular flexibility index (Phi) is 3.87. The molecule has 6 nitrogen and oxygen atoms in total. The van der Waals surface area contributed by atoms with Crippen molar-refractivity contribution in [3.8, 4) is 0 Å². The standard InChI is InChI=1S/C13H18N2O4/c1-3-8-5-9(10(6-8)13(17)18)12(16)14-11-4-7(2)19-15-11/h4,8-10H,3,5-6H2,1-2H3,(H,17,18)(H,14,15,16). The van der Waals surface area contributed by atoms with Crippen LogP contribution in [0.5, 0.6) is 0 Å². The fourth-order valence-corrected chi connectivity index (χ4v) is 2.68. The van der Waals surface area contributed by atoms with Crippen molar-refractivity contribution in [1.29, 1.82) is 0 Å². The lowest BCUT2D eigenvalue weighted by Gasteiger charge is -2.13. The highest BCUT2D eigenvalue weighted by molar-refractivity contribution is 5.94. The van der Waals surface area contributed by atoms with E-state index < -0.39 is 17.8 Å². The van der Waals surface area contributed by atoms with Gasteiger partial charge >= 0.3 is 5.97 Å². The van der Waals surface area contributed by atoms with Gasteiger partial charge in [0.25, 0.3) is 0 Å². The quantitative estimate of drug-likeness (QED) is 0.870. The average Bonchev–Trinajstić information content (AvgIpc) is 2.95. The number of aliphatic carboxylic acids is 1. The summed E-state index contributed by atoms with van der Waals surface area (Å²) < 4.78 is 4.86. The highest BCUT2D eigenvalue weighted by atomic mass is 16.5. The van der Waals surface area contributed by atoms with Crippen LogP contribution in [-0.4, -0.2) is 22.1 Å². The van der Waals surface area contributed by atoms with Crippen molar-refractivity contribution in [1.82, 2.24) is 5.16 Å². The number of rotatable bonds is 4. The molecule has 0 aromatic carbocycles. The lowest BCUT2D eigenvalue weighted by molar-refractivity contribution is -0.145. The summed E-state index contributed by atoms with van der Waals surface area (Å²) in [6.45, 7) is 3.75. The van der Waals surface area contributed by atoms with Gasteiger partial charge in [-0.25, -0.2) is 0 Å². The summed E-state index contributed by atoms with van der Waals surface area (Å²) in [4.78, 5) is 23.4. The molecular weight excluding hydrogens is 248 g/mol. The third-order valence-corrected chi connectivity index (χ3v) is 3.77. The van der Waals surface area contributed by atoms with Crippen LogP contribution in [0, 0.1) is 24.7 Å². The molecule has 0 spiro atoms. The number of aromatic nitrogens is 1. The molecule has 2 rings (SSSR count). The molecule has 0 bridgehead atoms. The lowest BCUT2D eigenvalue weighted by atomic mass is 9.95. The topological polar surface area (TPSA) is 92.4 Å². The molecule has 0 aliphatic heterocycles. The number of carbonyl (C=O) groups is 2. The molecule has 1 fully saturated rings. The zero-order valence-electron chi connectivity index (χ0n) is 11.0. The van der Waals surface area contributed by atoms with Crippen molar-refractivity contribution in [2.24, 2.45) is 17.8 Å². The van der Waals surface area contributed by atoms with Crippen LogP contribution in [0.4, 0.5) is 5.82 Å². The van der Waals surface area contributed by atoms with Gasteiger partial charge in [-0.15, -0.1) is 0 Å². The molecule has 0 radical (unpaired) electrons. The van der Waals surface area contributed by atoms with Crippen LogP contribution in [0.25, 0.3) is 0 Å². The van der Waals surface area contributed by atoms with E-state index in [1.165, 1.54) is 0 Å². The van der Waals surface area contributed by atoms with Gasteiger partial charge in [0.05, 0.1) is 11.8 Å². The van der Waals surface area contributed by atoms with Crippen LogP contribution in [0.3, 0.4) is 0 Å². The van der Waals surface area contributed by atoms with E-state index in [2.05, 4.69) is 10.5 Å². The molecule has 3 unspecified atom stereocenters. The zero-order valence-corrected chi connectivity index (χ0v) is 11.0. The van der Waals surface area contributed by atoms with Gasteiger partial charge < -0.3 is 14.9 Å². The number of carboxylic acids is 1. The highest BCUT2D eigenvalue weighted by Crippen LogP contribution is 2.38. The summed E-state index contributed by atoms with van der Waals surface area (Å²) >= 11 is 0. The first-order chi connectivity index (χ1) is 9.01. The number of amides is 1. The van der Waals surface area contributed by atoms with E-state index in [0.717, 1.165) is 6.42 Å². The number of aryl methyl sites for hydroxylation is 1. The number of carbonyl (C=O) groups excluding carboxylic acids is 1. The summed E-state index contributed by atoms with van der Waals surface area (Å²) in [6.07, 6.45) is 2.09. The Morgan fingerprint density at radius 3 is 2.68 bits per heavy atom. The van der Waals surface area contributed by atoms with Gasteiger partial charge in [0.15, 0.2) is 5.82 Å². The number of hydrogen-bond donors (Lipinski definition) is 2. The van der Waals surface area contributed by atoms with E-state index >= 15 is 0 Å². The second-order valence-electron chi connectivity index (χ2n) is 5.11. The van der Waals surface area contributed by atoms with Crippen molar-refractivity contribution in [2.45, 2.75) is 33.1 Å². The summed E-state index contributed by atoms with van der Waals surface area (Å²) in [5.41, 5.74) is 0. The van der Waals surface area contributed by atoms with E-state index in [0.29, 0.717) is 30.3 Å². The van der Waals surface area contributed by atoms with Crippen LogP contribution in [-0.2, 0) is 9.59 Å². The van der Waals surface area contributed by atoms with Crippen molar-refractivity contribution in [3.63, 3.8) is 0 Å². The van der Waals surface area contributed by atoms with Crippen LogP contribution in [0.1, 0.15) is 31.9 Å². The predicted molar refractivity (Wildman–Crippen MR) is 67.5 cm³/mol. The monoisotopic (exact) mass is 266 g/mol. The molecule has 19 heavy (non-hydrogen) atoms. The molecule has 1 heterocycles. The Bertz CT molecular complexity index is 483. The number of anilines is 1. The second kappa shape index (κ2) is 5.42. The summed E-state index contributed by atoms with van der Waals surface area (Å²) in [5, 5.41) is 15.5. The second-order valence-corrected chi connectivity index (χ2v) is 5.11. The van der Waals surface area contributed by atoms with Gasteiger partial charge in [-0.05, 0) is 25.7 Å². The van der Waals surface area contributed by atoms with Crippen molar-refractivity contribution in [2.75, 3.05) is 5.32 Å². The smallest absolute Gasteiger partial charge is 0.307 e. The predicted octanol–water partition coefficient (Wildman–Crippen LogP) is 2.06. The van der Waals surface area contributed by atoms with Gasteiger partial charge in [0.1, 0.15) is 5.76 Å². The number of nitrogens with zero attached hydrogens (tertiary/aromatic N) is 1. The van der Waals surface area contributed by atoms with Gasteiger partial charge in [-0.3, -0.25) is 9.59 Å². The molecule has 2 N–H and O–H groups in total. The average molecular weight is 266 g/mol. The van der Waals surface area contributed by atoms with E-state index in [-0.39, 0.29) is 5.91 Å². The third kappa shape index (κ3) is 2.94. The van der Waals surface area contributed by atoms with Crippen LogP contribution >= 0.6 is 0 Å². The SMILES string of the molecule is CCC1CC(C(=O)O)C(C(=O)Nc2cc(C)on2)C1. The van der Waals surface area contributed by atoms with Gasteiger partial charge in [0, 0.05) is 6.07 Å². The fourth-order valence-electron chi connectivity index (χ4n) is 2.68. The summed E-state index contributed by atoms with van der Waals surface area (Å²) in [7, 11) is 0. The zero-order chi connectivity index (χ0) is 14.0. The Hall–Kier alpha value is -1.85. The molecule has 6 heteroatoms. The highest BCUT2D eigenvalue weighted by Gasteiger charge is 2.42. The van der Waals surface area contributed by atoms with Crippen LogP contribution in [0.2, 0.25) is 0 Å². The van der Waals surface area contributed by atoms with Gasteiger partial charge in [-0.1, -0.05) is 18.5 Å². The normalized spacial score (nSPS) is 26.3. The van der Waals surface area contributed by atoms with Crippen molar-refractivity contribution >= 4 is 17.7 Å². The number of carboxylic acid groups (broad SMARTS) is 1. The molecule has 1 saturated carbocycles. The molecule has 1 aliphatic rings. The van der Waals surface area contributed by atoms with Crippen molar-refractivity contribution in [3.05, 3.63) is 11.8 Å². The largest absolute Gasteiger partial charge is 0.481 e. The molecule has 104 valence electrons. The number of hydrogen-bond acceptors (Lipinski definition) is 4. The molecule has 3 atom stereocenters. The first-order valence-corrected chi connectivity index (χ1v) is 6.48. The Balaban J connectivity index is 2.06. The Morgan fingerprint density at radius 1 is 1.47 bits per heavy atom. The van der Waals surface area contributed by atoms with E-state index in [1.54, 1.807) is 13.0 Å². The maximum atomic E-state index is 12.1. The number of nitrogens with one attached hydrogen (secondary N) is 1. The third-order valence-electron chi connectivity index (χ3n) is 3.77. The minimum Gasteiger partial charge on any atom is -0.481 e. The van der Waals surface area contributed by atoms with Gasteiger partial charge in [-0.2, -0.15) is 0 Å². The fraction of sp³-hybridized carbons (Fsp3) is 0.615. The first-order valence-electron chi connectivity index (χ1n) is 6.48. The van der Waals surface area contributed by atoms with Crippen LogP contribution < -0.4 is 5.32 Å². The van der Waals surface area contributed by atoms with Crippen molar-refractivity contribution < 1.29 is 19.2 Å². The van der Waals surface area contributed by atoms with Crippen LogP contribution in [0.15, 0.2) is 10.6 Å². The maximum absolute atomic E-state index is 12.1. The van der Waals surface area contributed by atoms with E-state index in [9.17, 15) is 14.7 Å². The molecule has 1 aromatic heterocycles. The molecule has 1 amide bonds. The first kappa shape index (κ1) is 13.6. The Labute approximate surface area is 111 Å². The summed E-state index contributed by atoms with van der Waals surface area (Å²) in [6, 6.07) is 1.61. The molecule has 1 aliphatic carbocycles. The minimum absolute atomic E-state index is 0.281.